The molecule has 116 valence electrons. The molecule has 4 nitrogen and oxygen atoms in total. The fraction of sp³-hybridized carbons (Fsp3) is 0.0588. The highest BCUT2D eigenvalue weighted by Crippen LogP contribution is 2.30. The fourth-order valence-electron chi connectivity index (χ4n) is 2.04. The molecule has 0 radical (unpaired) electrons. The number of ketones is 1. The first-order chi connectivity index (χ1) is 11.0. The Bertz CT molecular complexity index is 841. The highest BCUT2D eigenvalue weighted by molar-refractivity contribution is 9.10. The second-order valence-corrected chi connectivity index (χ2v) is 6.98. The van der Waals surface area contributed by atoms with Crippen molar-refractivity contribution < 1.29 is 4.79 Å². The van der Waals surface area contributed by atoms with Crippen molar-refractivity contribution in [2.45, 2.75) is 6.92 Å². The summed E-state index contributed by atoms with van der Waals surface area (Å²) in [6, 6.07) is 15.1. The van der Waals surface area contributed by atoms with Crippen molar-refractivity contribution in [1.82, 2.24) is 4.98 Å². The van der Waals surface area contributed by atoms with E-state index in [0.29, 0.717) is 15.6 Å². The van der Waals surface area contributed by atoms with Gasteiger partial charge in [0.15, 0.2) is 5.13 Å². The third kappa shape index (κ3) is 3.60. The molecule has 0 aliphatic carbocycles. The summed E-state index contributed by atoms with van der Waals surface area (Å²) >= 11 is 4.65. The summed E-state index contributed by atoms with van der Waals surface area (Å²) in [7, 11) is 0. The standard InChI is InChI=1S/C17H14BrN3OS/c1-10-2-4-11(5-3-10)14(22)15-16(19)21-17(23-15)20-13-8-6-12(18)7-9-13/h2-9H,19H2,1H3,(H,20,21). The molecule has 0 spiro atoms. The number of thiazole rings is 1. The largest absolute Gasteiger partial charge is 0.382 e. The average Bonchev–Trinajstić information content (AvgIpc) is 2.90. The number of anilines is 3. The Morgan fingerprint density at radius 3 is 2.43 bits per heavy atom. The molecule has 0 aliphatic rings. The van der Waals surface area contributed by atoms with E-state index < -0.39 is 0 Å². The summed E-state index contributed by atoms with van der Waals surface area (Å²) in [6.07, 6.45) is 0. The van der Waals surface area contributed by atoms with E-state index in [0.717, 1.165) is 15.7 Å². The van der Waals surface area contributed by atoms with E-state index >= 15 is 0 Å². The number of rotatable bonds is 4. The molecule has 0 amide bonds. The van der Waals surface area contributed by atoms with Crippen molar-refractivity contribution >= 4 is 49.7 Å². The normalized spacial score (nSPS) is 10.5. The summed E-state index contributed by atoms with van der Waals surface area (Å²) < 4.78 is 0.997. The summed E-state index contributed by atoms with van der Waals surface area (Å²) in [4.78, 5) is 17.2. The number of carbonyl (C=O) groups excluding carboxylic acids is 1. The maximum absolute atomic E-state index is 12.5. The van der Waals surface area contributed by atoms with E-state index in [9.17, 15) is 4.79 Å². The zero-order valence-electron chi connectivity index (χ0n) is 12.3. The van der Waals surface area contributed by atoms with Crippen LogP contribution in [0.5, 0.6) is 0 Å². The number of aryl methyl sites for hydroxylation is 1. The first-order valence-corrected chi connectivity index (χ1v) is 8.54. The third-order valence-electron chi connectivity index (χ3n) is 3.27. The van der Waals surface area contributed by atoms with Gasteiger partial charge >= 0.3 is 0 Å². The molecule has 1 heterocycles. The number of nitrogens with one attached hydrogen (secondary N) is 1. The average molecular weight is 388 g/mol. The van der Waals surface area contributed by atoms with Gasteiger partial charge in [0, 0.05) is 15.7 Å². The van der Waals surface area contributed by atoms with Gasteiger partial charge in [0.05, 0.1) is 0 Å². The minimum Gasteiger partial charge on any atom is -0.382 e. The smallest absolute Gasteiger partial charge is 0.206 e. The van der Waals surface area contributed by atoms with Gasteiger partial charge in [0.25, 0.3) is 0 Å². The number of benzene rings is 2. The second kappa shape index (κ2) is 6.52. The van der Waals surface area contributed by atoms with Crippen LogP contribution in [0.1, 0.15) is 20.8 Å². The molecule has 23 heavy (non-hydrogen) atoms. The third-order valence-corrected chi connectivity index (χ3v) is 4.78. The van der Waals surface area contributed by atoms with Gasteiger partial charge in [0.2, 0.25) is 5.78 Å². The molecule has 3 rings (SSSR count). The number of hydrogen-bond donors (Lipinski definition) is 2. The topological polar surface area (TPSA) is 68.0 Å². The van der Waals surface area contributed by atoms with E-state index in [-0.39, 0.29) is 11.6 Å². The lowest BCUT2D eigenvalue weighted by atomic mass is 10.1. The lowest BCUT2D eigenvalue weighted by Gasteiger charge is -2.01. The molecule has 0 fully saturated rings. The van der Waals surface area contributed by atoms with Crippen LogP contribution in [0.4, 0.5) is 16.6 Å². The minimum absolute atomic E-state index is 0.108. The van der Waals surface area contributed by atoms with Crippen LogP contribution in [0.15, 0.2) is 53.0 Å². The Morgan fingerprint density at radius 2 is 1.78 bits per heavy atom. The molecule has 0 bridgehead atoms. The number of nitrogens with two attached hydrogens (primary N) is 1. The Morgan fingerprint density at radius 1 is 1.13 bits per heavy atom. The zero-order chi connectivity index (χ0) is 16.4. The highest BCUT2D eigenvalue weighted by atomic mass is 79.9. The van der Waals surface area contributed by atoms with Gasteiger partial charge in [-0.2, -0.15) is 0 Å². The lowest BCUT2D eigenvalue weighted by Crippen LogP contribution is -2.02. The first-order valence-electron chi connectivity index (χ1n) is 6.93. The van der Waals surface area contributed by atoms with E-state index in [4.69, 9.17) is 5.73 Å². The summed E-state index contributed by atoms with van der Waals surface area (Å²) in [5.74, 6) is 0.143. The number of nitrogen functional groups attached to an aromatic ring is 1. The summed E-state index contributed by atoms with van der Waals surface area (Å²) in [6.45, 7) is 1.98. The van der Waals surface area contributed by atoms with Crippen molar-refractivity contribution in [2.24, 2.45) is 0 Å². The van der Waals surface area contributed by atoms with Crippen LogP contribution >= 0.6 is 27.3 Å². The quantitative estimate of drug-likeness (QED) is 0.632. The van der Waals surface area contributed by atoms with Crippen LogP contribution in [0.25, 0.3) is 0 Å². The molecular weight excluding hydrogens is 374 g/mol. The second-order valence-electron chi connectivity index (χ2n) is 5.06. The molecular formula is C17H14BrN3OS. The number of halogens is 1. The van der Waals surface area contributed by atoms with Gasteiger partial charge in [-0.25, -0.2) is 4.98 Å². The lowest BCUT2D eigenvalue weighted by molar-refractivity contribution is 0.104. The maximum Gasteiger partial charge on any atom is 0.206 e. The van der Waals surface area contributed by atoms with Gasteiger partial charge < -0.3 is 11.1 Å². The van der Waals surface area contributed by atoms with Crippen LogP contribution in [0.3, 0.4) is 0 Å². The van der Waals surface area contributed by atoms with E-state index in [2.05, 4.69) is 26.2 Å². The zero-order valence-corrected chi connectivity index (χ0v) is 14.7. The Hall–Kier alpha value is -2.18. The molecule has 0 unspecified atom stereocenters. The maximum atomic E-state index is 12.5. The van der Waals surface area contributed by atoms with Crippen LogP contribution in [0.2, 0.25) is 0 Å². The minimum atomic E-state index is -0.108. The molecule has 0 atom stereocenters. The van der Waals surface area contributed by atoms with Crippen LogP contribution in [-0.2, 0) is 0 Å². The molecule has 3 aromatic rings. The molecule has 6 heteroatoms. The summed E-state index contributed by atoms with van der Waals surface area (Å²) in [5, 5.41) is 3.76. The van der Waals surface area contributed by atoms with Gasteiger partial charge in [-0.15, -0.1) is 0 Å². The fourth-order valence-corrected chi connectivity index (χ4v) is 3.17. The highest BCUT2D eigenvalue weighted by Gasteiger charge is 2.18. The molecule has 0 aliphatic heterocycles. The predicted octanol–water partition coefficient (Wildman–Crippen LogP) is 4.77. The number of aromatic nitrogens is 1. The van der Waals surface area contributed by atoms with E-state index in [1.165, 1.54) is 11.3 Å². The van der Waals surface area contributed by atoms with Crippen molar-refractivity contribution in [1.29, 1.82) is 0 Å². The Labute approximate surface area is 146 Å². The SMILES string of the molecule is Cc1ccc(C(=O)c2sc(Nc3ccc(Br)cc3)nc2N)cc1. The van der Waals surface area contributed by atoms with Gasteiger partial charge in [-0.05, 0) is 31.2 Å². The number of hydrogen-bond acceptors (Lipinski definition) is 5. The molecule has 2 aromatic carbocycles. The van der Waals surface area contributed by atoms with Crippen molar-refractivity contribution in [3.63, 3.8) is 0 Å². The van der Waals surface area contributed by atoms with Crippen molar-refractivity contribution in [3.8, 4) is 0 Å². The molecule has 3 N–H and O–H groups in total. The molecule has 0 saturated carbocycles. The van der Waals surface area contributed by atoms with Crippen LogP contribution in [-0.4, -0.2) is 10.8 Å². The summed E-state index contributed by atoms with van der Waals surface area (Å²) in [5.41, 5.74) is 8.52. The molecule has 1 aromatic heterocycles. The van der Waals surface area contributed by atoms with Gasteiger partial charge in [-0.1, -0.05) is 57.1 Å². The van der Waals surface area contributed by atoms with E-state index in [1.807, 2.05) is 43.3 Å². The first kappa shape index (κ1) is 15.7. The van der Waals surface area contributed by atoms with Crippen LogP contribution < -0.4 is 11.1 Å². The Balaban J connectivity index is 1.84. The number of carbonyl (C=O) groups is 1. The monoisotopic (exact) mass is 387 g/mol. The van der Waals surface area contributed by atoms with Gasteiger partial charge in [-0.3, -0.25) is 4.79 Å². The molecule has 0 saturated heterocycles. The Kier molecular flexibility index (Phi) is 4.45. The van der Waals surface area contributed by atoms with Gasteiger partial charge in [0.1, 0.15) is 10.7 Å². The predicted molar refractivity (Wildman–Crippen MR) is 98.6 cm³/mol. The van der Waals surface area contributed by atoms with E-state index in [1.54, 1.807) is 12.1 Å². The van der Waals surface area contributed by atoms with Crippen molar-refractivity contribution in [3.05, 3.63) is 69.0 Å². The van der Waals surface area contributed by atoms with Crippen molar-refractivity contribution in [2.75, 3.05) is 11.1 Å². The number of nitrogens with zero attached hydrogens (tertiary/aromatic N) is 1. The van der Waals surface area contributed by atoms with Crippen LogP contribution in [0, 0.1) is 6.92 Å².